The Kier molecular flexibility index (Phi) is 6.09. The first-order valence-electron chi connectivity index (χ1n) is 8.87. The summed E-state index contributed by atoms with van der Waals surface area (Å²) in [6.45, 7) is 2.79. The Morgan fingerprint density at radius 3 is 2.42 bits per heavy atom. The molecule has 0 unspecified atom stereocenters. The van der Waals surface area contributed by atoms with Gasteiger partial charge in [-0.25, -0.2) is 0 Å². The number of hydrogen-bond acceptors (Lipinski definition) is 3. The average molecular weight is 349 g/mol. The van der Waals surface area contributed by atoms with Gasteiger partial charge in [0.1, 0.15) is 18.1 Å². The predicted octanol–water partition coefficient (Wildman–Crippen LogP) is 4.19. The van der Waals surface area contributed by atoms with Crippen molar-refractivity contribution in [2.45, 2.75) is 19.4 Å². The van der Waals surface area contributed by atoms with Crippen LogP contribution < -0.4 is 14.8 Å². The lowest BCUT2D eigenvalue weighted by molar-refractivity contribution is -0.128. The molecule has 0 saturated heterocycles. The van der Waals surface area contributed by atoms with Crippen molar-refractivity contribution in [1.82, 2.24) is 5.32 Å². The maximum Gasteiger partial charge on any atom is 0.261 e. The topological polar surface area (TPSA) is 47.6 Å². The third-order valence-corrected chi connectivity index (χ3v) is 4.08. The van der Waals surface area contributed by atoms with Crippen LogP contribution in [0, 0.1) is 0 Å². The molecule has 0 spiro atoms. The summed E-state index contributed by atoms with van der Waals surface area (Å²) in [5, 5.41) is 5.11. The summed E-state index contributed by atoms with van der Waals surface area (Å²) in [4.78, 5) is 12.4. The van der Waals surface area contributed by atoms with Crippen molar-refractivity contribution >= 4 is 16.7 Å². The first-order chi connectivity index (χ1) is 12.8. The van der Waals surface area contributed by atoms with Gasteiger partial charge in [-0.1, -0.05) is 55.5 Å². The van der Waals surface area contributed by atoms with E-state index in [9.17, 15) is 4.79 Å². The Morgan fingerprint density at radius 2 is 1.65 bits per heavy atom. The number of rotatable bonds is 8. The van der Waals surface area contributed by atoms with Crippen LogP contribution in [0.3, 0.4) is 0 Å². The molecule has 0 aromatic heterocycles. The van der Waals surface area contributed by atoms with E-state index >= 15 is 0 Å². The highest BCUT2D eigenvalue weighted by atomic mass is 16.5. The maximum atomic E-state index is 12.4. The van der Waals surface area contributed by atoms with Crippen LogP contribution in [0.25, 0.3) is 10.8 Å². The highest BCUT2D eigenvalue weighted by Crippen LogP contribution is 2.22. The molecular weight excluding hydrogens is 326 g/mol. The Hall–Kier alpha value is -3.01. The smallest absolute Gasteiger partial charge is 0.261 e. The molecule has 1 N–H and O–H groups in total. The second-order valence-electron chi connectivity index (χ2n) is 5.98. The number of carbonyl (C=O) groups excluding carboxylic acids is 1. The molecule has 3 aromatic carbocycles. The molecule has 26 heavy (non-hydrogen) atoms. The second-order valence-corrected chi connectivity index (χ2v) is 5.98. The minimum atomic E-state index is -0.520. The molecule has 134 valence electrons. The first-order valence-corrected chi connectivity index (χ1v) is 8.87. The van der Waals surface area contributed by atoms with Crippen LogP contribution in [-0.2, 0) is 4.79 Å². The molecule has 0 radical (unpaired) electrons. The second kappa shape index (κ2) is 8.90. The minimum absolute atomic E-state index is 0.127. The Bertz CT molecular complexity index is 848. The third-order valence-electron chi connectivity index (χ3n) is 4.08. The molecule has 0 bridgehead atoms. The number of nitrogens with one attached hydrogen (secondary N) is 1. The van der Waals surface area contributed by atoms with Crippen LogP contribution in [0.4, 0.5) is 0 Å². The molecule has 0 aliphatic heterocycles. The molecule has 0 heterocycles. The van der Waals surface area contributed by atoms with Gasteiger partial charge >= 0.3 is 0 Å². The lowest BCUT2D eigenvalue weighted by Crippen LogP contribution is -2.39. The Balaban J connectivity index is 1.51. The summed E-state index contributed by atoms with van der Waals surface area (Å²) in [6.07, 6.45) is 0.0750. The lowest BCUT2D eigenvalue weighted by Gasteiger charge is -2.17. The van der Waals surface area contributed by atoms with Crippen LogP contribution in [0.1, 0.15) is 13.3 Å². The van der Waals surface area contributed by atoms with E-state index in [1.54, 1.807) is 0 Å². The van der Waals surface area contributed by atoms with Crippen LogP contribution >= 0.6 is 0 Å². The molecule has 0 aliphatic carbocycles. The van der Waals surface area contributed by atoms with Crippen LogP contribution in [0.15, 0.2) is 72.8 Å². The number of ether oxygens (including phenoxy) is 2. The van der Waals surface area contributed by atoms with E-state index in [4.69, 9.17) is 9.47 Å². The number of fused-ring (bicyclic) bond motifs is 1. The fourth-order valence-corrected chi connectivity index (χ4v) is 2.70. The third kappa shape index (κ3) is 4.76. The number of carbonyl (C=O) groups is 1. The van der Waals surface area contributed by atoms with Gasteiger partial charge in [0.2, 0.25) is 0 Å². The number of hydrogen-bond donors (Lipinski definition) is 1. The van der Waals surface area contributed by atoms with E-state index < -0.39 is 6.10 Å². The Morgan fingerprint density at radius 1 is 0.923 bits per heavy atom. The number of benzene rings is 3. The molecule has 1 amide bonds. The number of amides is 1. The van der Waals surface area contributed by atoms with Crippen LogP contribution in [0.5, 0.6) is 11.5 Å². The zero-order valence-corrected chi connectivity index (χ0v) is 14.9. The van der Waals surface area contributed by atoms with Crippen LogP contribution in [-0.4, -0.2) is 25.2 Å². The maximum absolute atomic E-state index is 12.4. The molecular formula is C22H23NO3. The van der Waals surface area contributed by atoms with E-state index in [1.165, 1.54) is 0 Å². The summed E-state index contributed by atoms with van der Waals surface area (Å²) < 4.78 is 11.5. The van der Waals surface area contributed by atoms with Gasteiger partial charge in [0.25, 0.3) is 5.91 Å². The molecule has 4 heteroatoms. The molecule has 1 atom stereocenters. The standard InChI is InChI=1S/C22H23NO3/c1-2-21(22(24)23-14-15-25-19-10-4-3-5-11-19)26-20-13-12-17-8-6-7-9-18(17)16-20/h3-13,16,21H,2,14-15H2,1H3,(H,23,24)/t21-/m0/s1. The molecule has 0 fully saturated rings. The quantitative estimate of drug-likeness (QED) is 0.620. The van der Waals surface area contributed by atoms with Crippen molar-refractivity contribution < 1.29 is 14.3 Å². The van der Waals surface area contributed by atoms with Gasteiger partial charge in [0, 0.05) is 0 Å². The molecule has 3 aromatic rings. The first kappa shape index (κ1) is 17.8. The zero-order chi connectivity index (χ0) is 18.2. The SMILES string of the molecule is CC[C@H](Oc1ccc2ccccc2c1)C(=O)NCCOc1ccccc1. The van der Waals surface area contributed by atoms with Crippen molar-refractivity contribution in [2.75, 3.05) is 13.2 Å². The fourth-order valence-electron chi connectivity index (χ4n) is 2.70. The van der Waals surface area contributed by atoms with Crippen LogP contribution in [0.2, 0.25) is 0 Å². The van der Waals surface area contributed by atoms with E-state index in [2.05, 4.69) is 11.4 Å². The molecule has 3 rings (SSSR count). The van der Waals surface area contributed by atoms with E-state index in [0.717, 1.165) is 16.5 Å². The van der Waals surface area contributed by atoms with E-state index in [0.29, 0.717) is 25.3 Å². The van der Waals surface area contributed by atoms with Gasteiger partial charge in [-0.2, -0.15) is 0 Å². The van der Waals surface area contributed by atoms with Gasteiger partial charge in [-0.3, -0.25) is 4.79 Å². The Labute approximate surface area is 153 Å². The van der Waals surface area contributed by atoms with Crippen molar-refractivity contribution in [2.24, 2.45) is 0 Å². The summed E-state index contributed by atoms with van der Waals surface area (Å²) in [6, 6.07) is 23.5. The van der Waals surface area contributed by atoms with Gasteiger partial charge < -0.3 is 14.8 Å². The summed E-state index contributed by atoms with van der Waals surface area (Å²) in [5.74, 6) is 1.37. The minimum Gasteiger partial charge on any atom is -0.492 e. The van der Waals surface area contributed by atoms with Gasteiger partial charge in [0.15, 0.2) is 6.10 Å². The highest BCUT2D eigenvalue weighted by molar-refractivity contribution is 5.84. The molecule has 4 nitrogen and oxygen atoms in total. The number of para-hydroxylation sites is 1. The molecule has 0 aliphatic rings. The normalized spacial score (nSPS) is 11.7. The average Bonchev–Trinajstić information content (AvgIpc) is 2.70. The fraction of sp³-hybridized carbons (Fsp3) is 0.227. The van der Waals surface area contributed by atoms with Crippen molar-refractivity contribution in [3.8, 4) is 11.5 Å². The predicted molar refractivity (Wildman–Crippen MR) is 104 cm³/mol. The summed E-state index contributed by atoms with van der Waals surface area (Å²) in [7, 11) is 0. The van der Waals surface area contributed by atoms with Gasteiger partial charge in [0.05, 0.1) is 6.54 Å². The lowest BCUT2D eigenvalue weighted by atomic mass is 10.1. The van der Waals surface area contributed by atoms with Crippen molar-refractivity contribution in [3.63, 3.8) is 0 Å². The highest BCUT2D eigenvalue weighted by Gasteiger charge is 2.18. The molecule has 0 saturated carbocycles. The van der Waals surface area contributed by atoms with E-state index in [-0.39, 0.29) is 5.91 Å². The van der Waals surface area contributed by atoms with E-state index in [1.807, 2.05) is 73.7 Å². The van der Waals surface area contributed by atoms with Gasteiger partial charge in [-0.15, -0.1) is 0 Å². The largest absolute Gasteiger partial charge is 0.492 e. The van der Waals surface area contributed by atoms with Gasteiger partial charge in [-0.05, 0) is 41.5 Å². The monoisotopic (exact) mass is 349 g/mol. The van der Waals surface area contributed by atoms with Crippen molar-refractivity contribution in [1.29, 1.82) is 0 Å². The van der Waals surface area contributed by atoms with Crippen molar-refractivity contribution in [3.05, 3.63) is 72.8 Å². The summed E-state index contributed by atoms with van der Waals surface area (Å²) in [5.41, 5.74) is 0. The summed E-state index contributed by atoms with van der Waals surface area (Å²) >= 11 is 0. The zero-order valence-electron chi connectivity index (χ0n) is 14.9.